The van der Waals surface area contributed by atoms with Gasteiger partial charge in [-0.15, -0.1) is 11.3 Å². The number of aryl methyl sites for hydroxylation is 1. The molecule has 154 valence electrons. The topological polar surface area (TPSA) is 56.8 Å². The van der Waals surface area contributed by atoms with E-state index in [9.17, 15) is 9.59 Å². The van der Waals surface area contributed by atoms with E-state index in [1.54, 1.807) is 11.3 Å². The monoisotopic (exact) mass is 404 g/mol. The lowest BCUT2D eigenvalue weighted by molar-refractivity contribution is -0.137. The molecule has 0 N–H and O–H groups in total. The highest BCUT2D eigenvalue weighted by Gasteiger charge is 2.32. The molecule has 0 aromatic carbocycles. The van der Waals surface area contributed by atoms with Crippen LogP contribution in [-0.2, 0) is 22.4 Å². The lowest BCUT2D eigenvalue weighted by atomic mass is 9.89. The van der Waals surface area contributed by atoms with Crippen molar-refractivity contribution in [1.29, 1.82) is 0 Å². The van der Waals surface area contributed by atoms with E-state index in [0.29, 0.717) is 12.3 Å². The van der Waals surface area contributed by atoms with Gasteiger partial charge in [-0.1, -0.05) is 13.8 Å². The fourth-order valence-corrected chi connectivity index (χ4v) is 5.80. The molecule has 2 saturated heterocycles. The first-order chi connectivity index (χ1) is 13.5. The van der Waals surface area contributed by atoms with E-state index in [1.165, 1.54) is 10.6 Å². The van der Waals surface area contributed by atoms with E-state index in [2.05, 4.69) is 16.7 Å². The van der Waals surface area contributed by atoms with Crippen LogP contribution in [0.25, 0.3) is 0 Å². The molecule has 0 radical (unpaired) electrons. The molecule has 28 heavy (non-hydrogen) atoms. The van der Waals surface area contributed by atoms with Gasteiger partial charge in [0.15, 0.2) is 5.13 Å². The lowest BCUT2D eigenvalue weighted by Crippen LogP contribution is -2.48. The van der Waals surface area contributed by atoms with Crippen molar-refractivity contribution in [2.45, 2.75) is 52.4 Å². The second-order valence-electron chi connectivity index (χ2n) is 8.54. The van der Waals surface area contributed by atoms with Crippen LogP contribution in [0.2, 0.25) is 0 Å². The molecule has 0 unspecified atom stereocenters. The number of amides is 2. The van der Waals surface area contributed by atoms with Gasteiger partial charge in [-0.25, -0.2) is 4.98 Å². The number of carbonyl (C=O) groups excluding carboxylic acids is 2. The molecular formula is C21H32N4O2S. The number of rotatable bonds is 3. The van der Waals surface area contributed by atoms with Crippen LogP contribution in [0, 0.1) is 11.8 Å². The fourth-order valence-electron chi connectivity index (χ4n) is 4.57. The molecule has 3 heterocycles. The Bertz CT molecular complexity index is 718. The third kappa shape index (κ3) is 4.04. The smallest absolute Gasteiger partial charge is 0.226 e. The second-order valence-corrected chi connectivity index (χ2v) is 9.60. The minimum atomic E-state index is 0.133. The molecule has 0 spiro atoms. The molecule has 2 amide bonds. The third-order valence-electron chi connectivity index (χ3n) is 6.58. The number of nitrogens with zero attached hydrogens (tertiary/aromatic N) is 4. The number of likely N-dealkylation sites (tertiary alicyclic amines) is 1. The number of carbonyl (C=O) groups is 2. The van der Waals surface area contributed by atoms with Crippen LogP contribution in [0.15, 0.2) is 0 Å². The van der Waals surface area contributed by atoms with Crippen LogP contribution < -0.4 is 4.90 Å². The maximum atomic E-state index is 13.0. The molecule has 1 aliphatic carbocycles. The summed E-state index contributed by atoms with van der Waals surface area (Å²) in [5.41, 5.74) is 1.20. The van der Waals surface area contributed by atoms with E-state index in [0.717, 1.165) is 82.4 Å². The van der Waals surface area contributed by atoms with Crippen molar-refractivity contribution in [3.63, 3.8) is 0 Å². The van der Waals surface area contributed by atoms with Crippen LogP contribution in [0.5, 0.6) is 0 Å². The van der Waals surface area contributed by atoms with E-state index < -0.39 is 0 Å². The molecular weight excluding hydrogens is 372 g/mol. The predicted molar refractivity (Wildman–Crippen MR) is 112 cm³/mol. The first kappa shape index (κ1) is 19.7. The number of aromatic nitrogens is 1. The maximum Gasteiger partial charge on any atom is 0.226 e. The molecule has 4 rings (SSSR count). The zero-order valence-corrected chi connectivity index (χ0v) is 18.0. The molecule has 3 aliphatic rings. The Morgan fingerprint density at radius 1 is 1.04 bits per heavy atom. The van der Waals surface area contributed by atoms with Gasteiger partial charge in [0.05, 0.1) is 5.69 Å². The van der Waals surface area contributed by atoms with Gasteiger partial charge in [0, 0.05) is 56.5 Å². The van der Waals surface area contributed by atoms with Gasteiger partial charge in [-0.2, -0.15) is 0 Å². The summed E-state index contributed by atoms with van der Waals surface area (Å²) in [5.74, 6) is 1.48. The van der Waals surface area contributed by atoms with Gasteiger partial charge in [0.1, 0.15) is 0 Å². The summed E-state index contributed by atoms with van der Waals surface area (Å²) in [7, 11) is 0. The molecule has 2 fully saturated rings. The summed E-state index contributed by atoms with van der Waals surface area (Å²) in [4.78, 5) is 37.4. The lowest BCUT2D eigenvalue weighted by Gasteiger charge is -2.34. The highest BCUT2D eigenvalue weighted by atomic mass is 32.1. The van der Waals surface area contributed by atoms with E-state index >= 15 is 0 Å². The van der Waals surface area contributed by atoms with E-state index in [1.807, 2.05) is 11.8 Å². The van der Waals surface area contributed by atoms with Crippen LogP contribution >= 0.6 is 11.3 Å². The van der Waals surface area contributed by atoms with Gasteiger partial charge in [-0.05, 0) is 38.0 Å². The molecule has 6 nitrogen and oxygen atoms in total. The van der Waals surface area contributed by atoms with Crippen LogP contribution in [0.1, 0.15) is 50.1 Å². The highest BCUT2D eigenvalue weighted by Crippen LogP contribution is 2.35. The summed E-state index contributed by atoms with van der Waals surface area (Å²) < 4.78 is 0. The summed E-state index contributed by atoms with van der Waals surface area (Å²) in [6.07, 6.45) is 5.56. The normalized spacial score (nSPS) is 23.6. The Hall–Kier alpha value is -1.63. The number of hydrogen-bond donors (Lipinski definition) is 0. The Balaban J connectivity index is 1.36. The van der Waals surface area contributed by atoms with Gasteiger partial charge in [0.2, 0.25) is 11.8 Å². The first-order valence-corrected chi connectivity index (χ1v) is 11.7. The van der Waals surface area contributed by atoms with Crippen molar-refractivity contribution in [3.05, 3.63) is 10.6 Å². The summed E-state index contributed by atoms with van der Waals surface area (Å²) in [6, 6.07) is 0. The Morgan fingerprint density at radius 3 is 2.43 bits per heavy atom. The van der Waals surface area contributed by atoms with Gasteiger partial charge in [-0.3, -0.25) is 9.59 Å². The summed E-state index contributed by atoms with van der Waals surface area (Å²) in [6.45, 7) is 9.34. The molecule has 1 atom stereocenters. The first-order valence-electron chi connectivity index (χ1n) is 10.8. The summed E-state index contributed by atoms with van der Waals surface area (Å²) >= 11 is 1.77. The van der Waals surface area contributed by atoms with E-state index in [-0.39, 0.29) is 11.8 Å². The van der Waals surface area contributed by atoms with Crippen molar-refractivity contribution in [2.75, 3.05) is 44.2 Å². The van der Waals surface area contributed by atoms with Gasteiger partial charge >= 0.3 is 0 Å². The van der Waals surface area contributed by atoms with Gasteiger partial charge in [0.25, 0.3) is 0 Å². The minimum absolute atomic E-state index is 0.133. The molecule has 1 aromatic heterocycles. The van der Waals surface area contributed by atoms with E-state index in [4.69, 9.17) is 4.98 Å². The van der Waals surface area contributed by atoms with Crippen molar-refractivity contribution in [3.8, 4) is 0 Å². The minimum Gasteiger partial charge on any atom is -0.345 e. The largest absolute Gasteiger partial charge is 0.345 e. The molecule has 0 bridgehead atoms. The number of anilines is 1. The number of hydrogen-bond acceptors (Lipinski definition) is 5. The van der Waals surface area contributed by atoms with Crippen LogP contribution in [-0.4, -0.2) is 65.9 Å². The molecule has 0 saturated carbocycles. The zero-order valence-electron chi connectivity index (χ0n) is 17.2. The SMILES string of the molecule is CCC(=O)N1CCN(c2nc3c(s2)C[C@H](C(=O)N2CCC(C)CC2)CC3)CC1. The summed E-state index contributed by atoms with van der Waals surface area (Å²) in [5, 5.41) is 1.08. The average molecular weight is 405 g/mol. The average Bonchev–Trinajstić information content (AvgIpc) is 3.16. The van der Waals surface area contributed by atoms with Crippen molar-refractivity contribution in [1.82, 2.24) is 14.8 Å². The third-order valence-corrected chi connectivity index (χ3v) is 7.76. The molecule has 7 heteroatoms. The Labute approximate surface area is 171 Å². The fraction of sp³-hybridized carbons (Fsp3) is 0.762. The zero-order chi connectivity index (χ0) is 19.7. The quantitative estimate of drug-likeness (QED) is 0.777. The maximum absolute atomic E-state index is 13.0. The van der Waals surface area contributed by atoms with Gasteiger partial charge < -0.3 is 14.7 Å². The number of thiazole rings is 1. The highest BCUT2D eigenvalue weighted by molar-refractivity contribution is 7.15. The molecule has 1 aromatic rings. The van der Waals surface area contributed by atoms with Crippen LogP contribution in [0.4, 0.5) is 5.13 Å². The Morgan fingerprint density at radius 2 is 1.75 bits per heavy atom. The second kappa shape index (κ2) is 8.39. The van der Waals surface area contributed by atoms with Crippen LogP contribution in [0.3, 0.4) is 0 Å². The van der Waals surface area contributed by atoms with Crippen molar-refractivity contribution >= 4 is 28.3 Å². The number of fused-ring (bicyclic) bond motifs is 1. The standard InChI is InChI=1S/C21H32N4O2S/c1-3-19(26)23-10-12-25(13-11-23)21-22-17-5-4-16(14-18(17)28-21)20(27)24-8-6-15(2)7-9-24/h15-16H,3-14H2,1-2H3/t16-/m1/s1. The number of piperidine rings is 1. The predicted octanol–water partition coefficient (Wildman–Crippen LogP) is 2.57. The van der Waals surface area contributed by atoms with Crippen molar-refractivity contribution in [2.24, 2.45) is 11.8 Å². The van der Waals surface area contributed by atoms with Crippen molar-refractivity contribution < 1.29 is 9.59 Å². The molecule has 2 aliphatic heterocycles. The Kier molecular flexibility index (Phi) is 5.90. The number of piperazine rings is 1.